The maximum absolute atomic E-state index is 11.3. The fraction of sp³-hybridized carbons (Fsp3) is 0.375. The van der Waals surface area contributed by atoms with Crippen LogP contribution < -0.4 is 5.43 Å². The Hall–Kier alpha value is -0.820. The maximum atomic E-state index is 11.3. The van der Waals surface area contributed by atoms with Crippen molar-refractivity contribution in [3.8, 4) is 0 Å². The molecule has 0 aliphatic rings. The van der Waals surface area contributed by atoms with E-state index in [0.717, 1.165) is 6.42 Å². The fourth-order valence-corrected chi connectivity index (χ4v) is 1.70. The first-order valence-corrected chi connectivity index (χ1v) is 5.63. The summed E-state index contributed by atoms with van der Waals surface area (Å²) in [6.45, 7) is 0.600. The molecular weight excluding hydrogens is 284 g/mol. The third kappa shape index (κ3) is 3.07. The fourth-order valence-electron chi connectivity index (χ4n) is 1.09. The van der Waals surface area contributed by atoms with Crippen LogP contribution >= 0.6 is 28.6 Å². The Bertz CT molecular complexity index is 432. The average molecular weight is 293 g/mol. The number of aryl methyl sites for hydroxylation is 1. The van der Waals surface area contributed by atoms with Crippen molar-refractivity contribution in [3.05, 3.63) is 37.2 Å². The molecule has 5 nitrogen and oxygen atoms in total. The zero-order valence-electron chi connectivity index (χ0n) is 7.72. The molecule has 0 N–H and O–H groups in total. The molecule has 0 saturated carbocycles. The first-order chi connectivity index (χ1) is 7.06. The second kappa shape index (κ2) is 5.32. The summed E-state index contributed by atoms with van der Waals surface area (Å²) in [5.41, 5.74) is -1.01. The van der Waals surface area contributed by atoms with E-state index in [1.807, 2.05) is 0 Å². The first kappa shape index (κ1) is 12.3. The lowest BCUT2D eigenvalue weighted by atomic mass is 10.4. The standard InChI is InChI=1S/C8H9BrN2O3S/c9-6-4-10(2-1-3-15)5-7(8(6)12)11(13)14/h4-5,15H,1-3H2. The minimum atomic E-state index is -0.676. The molecule has 1 heterocycles. The predicted molar refractivity (Wildman–Crippen MR) is 63.5 cm³/mol. The van der Waals surface area contributed by atoms with Gasteiger partial charge in [-0.2, -0.15) is 12.6 Å². The lowest BCUT2D eigenvalue weighted by Crippen LogP contribution is -2.13. The van der Waals surface area contributed by atoms with Gasteiger partial charge in [0.25, 0.3) is 5.43 Å². The van der Waals surface area contributed by atoms with E-state index in [-0.39, 0.29) is 4.47 Å². The smallest absolute Gasteiger partial charge is 0.333 e. The van der Waals surface area contributed by atoms with Crippen molar-refractivity contribution in [2.24, 2.45) is 0 Å². The quantitative estimate of drug-likeness (QED) is 0.523. The van der Waals surface area contributed by atoms with Crippen molar-refractivity contribution >= 4 is 34.2 Å². The summed E-state index contributed by atoms with van der Waals surface area (Å²) in [6, 6.07) is 0. The summed E-state index contributed by atoms with van der Waals surface area (Å²) < 4.78 is 1.82. The third-order valence-corrected chi connectivity index (χ3v) is 2.67. The molecule has 0 fully saturated rings. The zero-order valence-corrected chi connectivity index (χ0v) is 10.2. The minimum Gasteiger partial charge on any atom is -0.347 e. The summed E-state index contributed by atoms with van der Waals surface area (Å²) in [7, 11) is 0. The molecule has 1 rings (SSSR count). The number of thiol groups is 1. The van der Waals surface area contributed by atoms with E-state index < -0.39 is 16.0 Å². The molecule has 0 atom stereocenters. The lowest BCUT2D eigenvalue weighted by Gasteiger charge is -2.05. The van der Waals surface area contributed by atoms with Gasteiger partial charge in [0.15, 0.2) is 0 Å². The zero-order chi connectivity index (χ0) is 11.4. The lowest BCUT2D eigenvalue weighted by molar-refractivity contribution is -0.386. The van der Waals surface area contributed by atoms with Gasteiger partial charge >= 0.3 is 5.69 Å². The second-order valence-electron chi connectivity index (χ2n) is 2.89. The van der Waals surface area contributed by atoms with Crippen molar-refractivity contribution in [2.75, 3.05) is 5.75 Å². The molecule has 0 aromatic carbocycles. The van der Waals surface area contributed by atoms with Crippen LogP contribution in [0.2, 0.25) is 0 Å². The number of halogens is 1. The van der Waals surface area contributed by atoms with Gasteiger partial charge in [0.2, 0.25) is 0 Å². The van der Waals surface area contributed by atoms with Crippen LogP contribution in [-0.2, 0) is 6.54 Å². The summed E-state index contributed by atoms with van der Waals surface area (Å²) >= 11 is 7.04. The monoisotopic (exact) mass is 292 g/mol. The number of hydrogen-bond donors (Lipinski definition) is 1. The maximum Gasteiger partial charge on any atom is 0.333 e. The van der Waals surface area contributed by atoms with E-state index in [1.165, 1.54) is 6.20 Å². The summed E-state index contributed by atoms with van der Waals surface area (Å²) in [5, 5.41) is 10.6. The van der Waals surface area contributed by atoms with Gasteiger partial charge in [0.1, 0.15) is 0 Å². The predicted octanol–water partition coefficient (Wildman–Crippen LogP) is 1.84. The van der Waals surface area contributed by atoms with Crippen molar-refractivity contribution in [1.29, 1.82) is 0 Å². The van der Waals surface area contributed by atoms with Gasteiger partial charge in [-0.05, 0) is 28.1 Å². The number of hydrogen-bond acceptors (Lipinski definition) is 4. The van der Waals surface area contributed by atoms with Gasteiger partial charge in [0.05, 0.1) is 15.6 Å². The molecule has 15 heavy (non-hydrogen) atoms. The molecular formula is C8H9BrN2O3S. The van der Waals surface area contributed by atoms with E-state index in [0.29, 0.717) is 12.3 Å². The summed E-state index contributed by atoms with van der Waals surface area (Å²) in [5.74, 6) is 0.692. The Morgan fingerprint density at radius 2 is 2.20 bits per heavy atom. The molecule has 0 unspecified atom stereocenters. The Balaban J connectivity index is 3.12. The highest BCUT2D eigenvalue weighted by Gasteiger charge is 2.15. The van der Waals surface area contributed by atoms with Gasteiger partial charge in [-0.25, -0.2) is 0 Å². The summed E-state index contributed by atoms with van der Waals surface area (Å²) in [4.78, 5) is 21.2. The molecule has 7 heteroatoms. The highest BCUT2D eigenvalue weighted by atomic mass is 79.9. The van der Waals surface area contributed by atoms with Crippen LogP contribution in [0.5, 0.6) is 0 Å². The van der Waals surface area contributed by atoms with Gasteiger partial charge in [0, 0.05) is 12.7 Å². The Kier molecular flexibility index (Phi) is 4.34. The minimum absolute atomic E-state index is 0.205. The van der Waals surface area contributed by atoms with E-state index >= 15 is 0 Å². The molecule has 0 aliphatic carbocycles. The van der Waals surface area contributed by atoms with Gasteiger partial charge in [-0.3, -0.25) is 14.9 Å². The molecule has 0 saturated heterocycles. The Morgan fingerprint density at radius 1 is 1.53 bits per heavy atom. The van der Waals surface area contributed by atoms with E-state index in [1.54, 1.807) is 10.8 Å². The number of nitro groups is 1. The molecule has 1 aromatic rings. The van der Waals surface area contributed by atoms with Gasteiger partial charge in [-0.15, -0.1) is 0 Å². The number of rotatable bonds is 4. The highest BCUT2D eigenvalue weighted by molar-refractivity contribution is 9.10. The Morgan fingerprint density at radius 3 is 2.73 bits per heavy atom. The van der Waals surface area contributed by atoms with Crippen LogP contribution in [-0.4, -0.2) is 15.2 Å². The number of pyridine rings is 1. The average Bonchev–Trinajstić information content (AvgIpc) is 2.19. The molecule has 0 radical (unpaired) electrons. The van der Waals surface area contributed by atoms with E-state index in [2.05, 4.69) is 28.6 Å². The normalized spacial score (nSPS) is 10.3. The van der Waals surface area contributed by atoms with E-state index in [9.17, 15) is 14.9 Å². The van der Waals surface area contributed by atoms with Crippen LogP contribution in [0.3, 0.4) is 0 Å². The largest absolute Gasteiger partial charge is 0.347 e. The number of nitrogens with zero attached hydrogens (tertiary/aromatic N) is 2. The first-order valence-electron chi connectivity index (χ1n) is 4.21. The topological polar surface area (TPSA) is 65.1 Å². The Labute approximate surface area is 99.8 Å². The van der Waals surface area contributed by atoms with Crippen LogP contribution in [0, 0.1) is 10.1 Å². The molecule has 0 spiro atoms. The van der Waals surface area contributed by atoms with Crippen molar-refractivity contribution in [1.82, 2.24) is 4.57 Å². The summed E-state index contributed by atoms with van der Waals surface area (Å²) in [6.07, 6.45) is 3.57. The van der Waals surface area contributed by atoms with Crippen molar-refractivity contribution < 1.29 is 4.92 Å². The van der Waals surface area contributed by atoms with Gasteiger partial charge < -0.3 is 4.57 Å². The molecule has 0 bridgehead atoms. The van der Waals surface area contributed by atoms with Crippen LogP contribution in [0.15, 0.2) is 21.7 Å². The van der Waals surface area contributed by atoms with Crippen LogP contribution in [0.25, 0.3) is 0 Å². The second-order valence-corrected chi connectivity index (χ2v) is 4.19. The van der Waals surface area contributed by atoms with Crippen molar-refractivity contribution in [2.45, 2.75) is 13.0 Å². The van der Waals surface area contributed by atoms with Gasteiger partial charge in [-0.1, -0.05) is 0 Å². The highest BCUT2D eigenvalue weighted by Crippen LogP contribution is 2.11. The number of aromatic nitrogens is 1. The third-order valence-electron chi connectivity index (χ3n) is 1.79. The molecule has 0 aliphatic heterocycles. The molecule has 0 amide bonds. The van der Waals surface area contributed by atoms with Crippen molar-refractivity contribution in [3.63, 3.8) is 0 Å². The van der Waals surface area contributed by atoms with Crippen LogP contribution in [0.4, 0.5) is 5.69 Å². The van der Waals surface area contributed by atoms with Crippen LogP contribution in [0.1, 0.15) is 6.42 Å². The molecule has 82 valence electrons. The SMILES string of the molecule is O=c1c(Br)cn(CCCS)cc1[N+](=O)[O-]. The molecule has 1 aromatic heterocycles. The van der Waals surface area contributed by atoms with E-state index in [4.69, 9.17) is 0 Å².